The van der Waals surface area contributed by atoms with E-state index in [9.17, 15) is 14.7 Å². The van der Waals surface area contributed by atoms with Crippen molar-refractivity contribution < 1.29 is 38.4 Å². The standard InChI is InChI=1S/C22H26O8/c1-20(2,27-4)12-11-7-8-28-22(11)16-10-6-5-9(13(10)23)14-15(29-14)17(24)21(16,18(12)30-22)19(25)26-3/h5-7,9-10,12-16,18,23H,8H2,1-4H3/t9?,10-,12+,13-,14+,15+,16-,18+,21+,22-/m1/s1. The van der Waals surface area contributed by atoms with E-state index in [1.807, 2.05) is 32.1 Å². The normalized spacial score (nSPS) is 52.3. The van der Waals surface area contributed by atoms with Gasteiger partial charge in [0.2, 0.25) is 0 Å². The highest BCUT2D eigenvalue weighted by atomic mass is 16.7. The molecule has 0 aromatic heterocycles. The van der Waals surface area contributed by atoms with E-state index in [0.29, 0.717) is 6.61 Å². The first-order chi connectivity index (χ1) is 14.3. The Morgan fingerprint density at radius 1 is 1.27 bits per heavy atom. The molecule has 0 amide bonds. The molecule has 6 aliphatic rings. The van der Waals surface area contributed by atoms with Gasteiger partial charge in [0.05, 0.1) is 37.4 Å². The molecule has 3 saturated heterocycles. The molecule has 4 aliphatic heterocycles. The zero-order chi connectivity index (χ0) is 21.2. The Hall–Kier alpha value is -1.58. The smallest absolute Gasteiger partial charge is 0.322 e. The number of rotatable bonds is 3. The van der Waals surface area contributed by atoms with Gasteiger partial charge in [-0.05, 0) is 19.4 Å². The van der Waals surface area contributed by atoms with Crippen LogP contribution < -0.4 is 0 Å². The van der Waals surface area contributed by atoms with Crippen molar-refractivity contribution in [3.05, 3.63) is 23.8 Å². The molecule has 30 heavy (non-hydrogen) atoms. The van der Waals surface area contributed by atoms with E-state index in [1.54, 1.807) is 7.11 Å². The van der Waals surface area contributed by atoms with E-state index in [4.69, 9.17) is 23.7 Å². The lowest BCUT2D eigenvalue weighted by molar-refractivity contribution is -0.195. The van der Waals surface area contributed by atoms with Gasteiger partial charge in [0.15, 0.2) is 17.0 Å². The highest BCUT2D eigenvalue weighted by Gasteiger charge is 2.85. The molecule has 162 valence electrons. The number of ether oxygens (including phenoxy) is 5. The van der Waals surface area contributed by atoms with Crippen LogP contribution in [0.1, 0.15) is 13.8 Å². The third kappa shape index (κ3) is 1.84. The fourth-order valence-electron chi connectivity index (χ4n) is 6.97. The zero-order valence-electron chi connectivity index (χ0n) is 17.4. The lowest BCUT2D eigenvalue weighted by Crippen LogP contribution is -2.65. The fourth-order valence-corrected chi connectivity index (χ4v) is 6.97. The Kier molecular flexibility index (Phi) is 3.58. The Morgan fingerprint density at radius 2 is 2.00 bits per heavy atom. The van der Waals surface area contributed by atoms with Gasteiger partial charge in [0.25, 0.3) is 0 Å². The number of hydrogen-bond acceptors (Lipinski definition) is 8. The molecule has 2 aliphatic carbocycles. The van der Waals surface area contributed by atoms with Crippen LogP contribution in [0.15, 0.2) is 23.8 Å². The average Bonchev–Trinajstić information content (AvgIpc) is 3.00. The molecule has 0 aromatic rings. The molecule has 0 aromatic carbocycles. The molecule has 1 unspecified atom stereocenters. The molecule has 4 fully saturated rings. The third-order valence-electron chi connectivity index (χ3n) is 8.39. The average molecular weight is 418 g/mol. The maximum Gasteiger partial charge on any atom is 0.322 e. The molecule has 0 radical (unpaired) electrons. The van der Waals surface area contributed by atoms with Gasteiger partial charge in [0.1, 0.15) is 12.2 Å². The number of Topliss-reactive ketones (excluding diaryl/α,β-unsaturated/α-hetero) is 1. The summed E-state index contributed by atoms with van der Waals surface area (Å²) in [5, 5.41) is 11.2. The van der Waals surface area contributed by atoms with Gasteiger partial charge in [-0.1, -0.05) is 18.2 Å². The maximum absolute atomic E-state index is 14.0. The molecule has 1 spiro atoms. The second-order valence-electron chi connectivity index (χ2n) is 9.72. The van der Waals surface area contributed by atoms with E-state index in [0.717, 1.165) is 5.57 Å². The summed E-state index contributed by atoms with van der Waals surface area (Å²) in [6.45, 7) is 4.14. The second-order valence-corrected chi connectivity index (χ2v) is 9.72. The predicted octanol–water partition coefficient (Wildman–Crippen LogP) is 0.382. The van der Waals surface area contributed by atoms with Crippen LogP contribution in [0.3, 0.4) is 0 Å². The van der Waals surface area contributed by atoms with Crippen LogP contribution in [-0.4, -0.2) is 73.5 Å². The molecule has 6 rings (SSSR count). The molecular formula is C22H26O8. The van der Waals surface area contributed by atoms with Crippen LogP contribution in [0.5, 0.6) is 0 Å². The van der Waals surface area contributed by atoms with Crippen molar-refractivity contribution in [2.45, 2.75) is 49.7 Å². The van der Waals surface area contributed by atoms with Crippen molar-refractivity contribution in [2.75, 3.05) is 20.8 Å². The first kappa shape index (κ1) is 19.1. The predicted molar refractivity (Wildman–Crippen MR) is 100.0 cm³/mol. The van der Waals surface area contributed by atoms with E-state index < -0.39 is 59.0 Å². The Balaban J connectivity index is 1.63. The second kappa shape index (κ2) is 5.61. The van der Waals surface area contributed by atoms with Crippen LogP contribution >= 0.6 is 0 Å². The van der Waals surface area contributed by atoms with Crippen LogP contribution in [0.4, 0.5) is 0 Å². The highest BCUT2D eigenvalue weighted by Crippen LogP contribution is 2.71. The van der Waals surface area contributed by atoms with Crippen molar-refractivity contribution in [3.63, 3.8) is 0 Å². The first-order valence-corrected chi connectivity index (χ1v) is 10.5. The number of methoxy groups -OCH3 is 2. The van der Waals surface area contributed by atoms with E-state index in [2.05, 4.69) is 0 Å². The summed E-state index contributed by atoms with van der Waals surface area (Å²) in [5.74, 6) is -4.18. The van der Waals surface area contributed by atoms with Crippen molar-refractivity contribution in [1.82, 2.24) is 0 Å². The van der Waals surface area contributed by atoms with Gasteiger partial charge in [-0.2, -0.15) is 0 Å². The third-order valence-corrected chi connectivity index (χ3v) is 8.39. The Morgan fingerprint density at radius 3 is 2.70 bits per heavy atom. The maximum atomic E-state index is 14.0. The van der Waals surface area contributed by atoms with E-state index >= 15 is 0 Å². The van der Waals surface area contributed by atoms with Gasteiger partial charge in [-0.3, -0.25) is 9.59 Å². The summed E-state index contributed by atoms with van der Waals surface area (Å²) in [5.41, 5.74) is -1.49. The fraction of sp³-hybridized carbons (Fsp3) is 0.727. The molecule has 1 N–H and O–H groups in total. The van der Waals surface area contributed by atoms with Crippen molar-refractivity contribution in [3.8, 4) is 0 Å². The minimum Gasteiger partial charge on any atom is -0.468 e. The highest BCUT2D eigenvalue weighted by molar-refractivity contribution is 6.09. The quantitative estimate of drug-likeness (QED) is 0.304. The Labute approximate surface area is 174 Å². The van der Waals surface area contributed by atoms with Gasteiger partial charge >= 0.3 is 5.97 Å². The van der Waals surface area contributed by atoms with Gasteiger partial charge in [-0.15, -0.1) is 0 Å². The molecule has 4 bridgehead atoms. The van der Waals surface area contributed by atoms with Crippen molar-refractivity contribution in [1.29, 1.82) is 0 Å². The molecule has 8 heteroatoms. The number of carbonyl (C=O) groups is 2. The van der Waals surface area contributed by atoms with Gasteiger partial charge in [-0.25, -0.2) is 0 Å². The first-order valence-electron chi connectivity index (χ1n) is 10.5. The number of esters is 1. The summed E-state index contributed by atoms with van der Waals surface area (Å²) in [6.07, 6.45) is 2.93. The number of aliphatic hydroxyl groups is 1. The summed E-state index contributed by atoms with van der Waals surface area (Å²) >= 11 is 0. The molecule has 1 saturated carbocycles. The largest absolute Gasteiger partial charge is 0.468 e. The van der Waals surface area contributed by atoms with Gasteiger partial charge < -0.3 is 28.8 Å². The summed E-state index contributed by atoms with van der Waals surface area (Å²) in [4.78, 5) is 27.5. The minimum atomic E-state index is -1.65. The van der Waals surface area contributed by atoms with E-state index in [-0.39, 0.29) is 17.6 Å². The number of carbonyl (C=O) groups excluding carboxylic acids is 2. The molecule has 10 atom stereocenters. The number of aliphatic hydroxyl groups excluding tert-OH is 1. The molecule has 8 nitrogen and oxygen atoms in total. The molecule has 4 heterocycles. The number of epoxide rings is 1. The molecular weight excluding hydrogens is 392 g/mol. The number of hydrogen-bond donors (Lipinski definition) is 1. The van der Waals surface area contributed by atoms with Crippen molar-refractivity contribution >= 4 is 11.8 Å². The summed E-state index contributed by atoms with van der Waals surface area (Å²) in [7, 11) is 2.88. The zero-order valence-corrected chi connectivity index (χ0v) is 17.4. The van der Waals surface area contributed by atoms with Crippen LogP contribution in [0, 0.1) is 29.1 Å². The topological polar surface area (TPSA) is 104 Å². The minimum absolute atomic E-state index is 0.282. The SMILES string of the molecule is COC(=O)[C@]12C(=O)[C@H]3O[C@H]3C3C=C[C@H]([C@@H]3O)[C@H]1[C@@]13OCC=C1[C@H](C(C)(C)OC)[C@@H]2O3. The number of ketones is 1. The number of fused-ring (bicyclic) bond motifs is 8. The van der Waals surface area contributed by atoms with E-state index in [1.165, 1.54) is 7.11 Å². The summed E-state index contributed by atoms with van der Waals surface area (Å²) in [6, 6.07) is 0. The monoisotopic (exact) mass is 418 g/mol. The van der Waals surface area contributed by atoms with Crippen LogP contribution in [-0.2, 0) is 33.3 Å². The van der Waals surface area contributed by atoms with Crippen LogP contribution in [0.25, 0.3) is 0 Å². The lowest BCUT2D eigenvalue weighted by atomic mass is 9.51. The van der Waals surface area contributed by atoms with Crippen LogP contribution in [0.2, 0.25) is 0 Å². The van der Waals surface area contributed by atoms with Crippen molar-refractivity contribution in [2.24, 2.45) is 29.1 Å². The van der Waals surface area contributed by atoms with Gasteiger partial charge in [0, 0.05) is 24.9 Å². The lowest BCUT2D eigenvalue weighted by Gasteiger charge is -2.50. The Bertz CT molecular complexity index is 907. The summed E-state index contributed by atoms with van der Waals surface area (Å²) < 4.78 is 29.5.